The number of hydrogen-bond donors (Lipinski definition) is 4. The van der Waals surface area contributed by atoms with Gasteiger partial charge in [0.2, 0.25) is 15.9 Å². The monoisotopic (exact) mass is 768 g/mol. The third-order valence-corrected chi connectivity index (χ3v) is 11.7. The summed E-state index contributed by atoms with van der Waals surface area (Å²) in [5.41, 5.74) is 1.00. The predicted octanol–water partition coefficient (Wildman–Crippen LogP) is 6.21. The number of aromatic hydroxyl groups is 1. The second-order valence-corrected chi connectivity index (χ2v) is 16.1. The van der Waals surface area contributed by atoms with Crippen LogP contribution in [-0.4, -0.2) is 69.4 Å². The molecule has 0 bridgehead atoms. The van der Waals surface area contributed by atoms with Crippen LogP contribution < -0.4 is 25.0 Å². The first-order valence-electron chi connectivity index (χ1n) is 18.0. The lowest BCUT2D eigenvalue weighted by atomic mass is 9.87. The Bertz CT molecular complexity index is 1810. The van der Waals surface area contributed by atoms with Gasteiger partial charge in [-0.05, 0) is 60.9 Å². The van der Waals surface area contributed by atoms with Gasteiger partial charge in [0.25, 0.3) is 5.91 Å². The van der Waals surface area contributed by atoms with Crippen molar-refractivity contribution >= 4 is 50.9 Å². The SMILES string of the molecule is CCCCC1(CCCC)CN(c2ccccc2)c2cc(SC)c(OCC(=O)N[C@@H](C(=O)N[C@H](C(=O)OC)C(C)C)c3ccc(O)cc3)cc2S(=O)(=O)N1. The van der Waals surface area contributed by atoms with Crippen LogP contribution in [0.25, 0.3) is 0 Å². The number of hydrogen-bond acceptors (Lipinski definition) is 10. The molecule has 14 heteroatoms. The quantitative estimate of drug-likeness (QED) is 0.0917. The number of para-hydroxylation sites is 1. The summed E-state index contributed by atoms with van der Waals surface area (Å²) >= 11 is 1.35. The average molecular weight is 769 g/mol. The van der Waals surface area contributed by atoms with Crippen LogP contribution in [0.15, 0.2) is 76.5 Å². The second kappa shape index (κ2) is 18.7. The van der Waals surface area contributed by atoms with Gasteiger partial charge in [0.1, 0.15) is 28.5 Å². The molecule has 3 aromatic carbocycles. The summed E-state index contributed by atoms with van der Waals surface area (Å²) in [5, 5.41) is 15.2. The first-order valence-corrected chi connectivity index (χ1v) is 20.7. The van der Waals surface area contributed by atoms with E-state index in [-0.39, 0.29) is 22.3 Å². The van der Waals surface area contributed by atoms with Crippen LogP contribution in [-0.2, 0) is 29.1 Å². The van der Waals surface area contributed by atoms with Crippen LogP contribution in [0.3, 0.4) is 0 Å². The van der Waals surface area contributed by atoms with Crippen molar-refractivity contribution in [2.45, 2.75) is 93.6 Å². The molecule has 0 aromatic heterocycles. The fourth-order valence-corrected chi connectivity index (χ4v) is 8.62. The van der Waals surface area contributed by atoms with Crippen molar-refractivity contribution in [1.82, 2.24) is 15.4 Å². The predicted molar refractivity (Wildman–Crippen MR) is 207 cm³/mol. The first kappa shape index (κ1) is 41.5. The summed E-state index contributed by atoms with van der Waals surface area (Å²) in [4.78, 5) is 42.1. The summed E-state index contributed by atoms with van der Waals surface area (Å²) < 4.78 is 42.7. The third-order valence-electron chi connectivity index (χ3n) is 9.30. The molecule has 288 valence electrons. The summed E-state index contributed by atoms with van der Waals surface area (Å²) in [6, 6.07) is 16.5. The highest BCUT2D eigenvalue weighted by Crippen LogP contribution is 2.44. The minimum absolute atomic E-state index is 0.0340. The number of nitrogens with one attached hydrogen (secondary N) is 3. The van der Waals surface area contributed by atoms with E-state index in [1.165, 1.54) is 49.2 Å². The van der Waals surface area contributed by atoms with Crippen LogP contribution in [0.4, 0.5) is 11.4 Å². The number of nitrogens with zero attached hydrogens (tertiary/aromatic N) is 1. The third kappa shape index (κ3) is 10.5. The number of phenols is 1. The molecule has 0 saturated carbocycles. The summed E-state index contributed by atoms with van der Waals surface area (Å²) in [5.74, 6) is -2.14. The van der Waals surface area contributed by atoms with Gasteiger partial charge in [-0.15, -0.1) is 11.8 Å². The van der Waals surface area contributed by atoms with E-state index in [9.17, 15) is 27.9 Å². The van der Waals surface area contributed by atoms with Gasteiger partial charge in [0.15, 0.2) is 6.61 Å². The van der Waals surface area contributed by atoms with Crippen LogP contribution >= 0.6 is 11.8 Å². The Labute approximate surface area is 317 Å². The lowest BCUT2D eigenvalue weighted by molar-refractivity contribution is -0.146. The minimum Gasteiger partial charge on any atom is -0.508 e. The van der Waals surface area contributed by atoms with E-state index < -0.39 is 52.0 Å². The molecule has 0 aliphatic carbocycles. The number of methoxy groups -OCH3 is 1. The van der Waals surface area contributed by atoms with Crippen molar-refractivity contribution in [2.75, 3.05) is 31.4 Å². The number of sulfonamides is 1. The van der Waals surface area contributed by atoms with Gasteiger partial charge in [-0.2, -0.15) is 0 Å². The fourth-order valence-electron chi connectivity index (χ4n) is 6.42. The number of benzene rings is 3. The zero-order chi connectivity index (χ0) is 38.8. The van der Waals surface area contributed by atoms with Gasteiger partial charge in [-0.1, -0.05) is 83.7 Å². The molecule has 0 spiro atoms. The number of ether oxygens (including phenoxy) is 2. The van der Waals surface area contributed by atoms with Gasteiger partial charge in [0.05, 0.1) is 23.2 Å². The molecule has 3 aromatic rings. The van der Waals surface area contributed by atoms with Crippen molar-refractivity contribution in [3.63, 3.8) is 0 Å². The smallest absolute Gasteiger partial charge is 0.328 e. The number of fused-ring (bicyclic) bond motifs is 1. The molecule has 0 saturated heterocycles. The number of carbonyl (C=O) groups excluding carboxylic acids is 3. The Kier molecular flexibility index (Phi) is 14.6. The topological polar surface area (TPSA) is 163 Å². The van der Waals surface area contributed by atoms with E-state index in [0.29, 0.717) is 35.5 Å². The molecule has 0 fully saturated rings. The summed E-state index contributed by atoms with van der Waals surface area (Å²) in [6.45, 7) is 7.57. The van der Waals surface area contributed by atoms with Crippen LogP contribution in [0, 0.1) is 5.92 Å². The molecule has 2 amide bonds. The number of amides is 2. The number of unbranched alkanes of at least 4 members (excludes halogenated alkanes) is 2. The fraction of sp³-hybridized carbons (Fsp3) is 0.462. The van der Waals surface area contributed by atoms with E-state index in [2.05, 4.69) is 34.1 Å². The van der Waals surface area contributed by atoms with E-state index in [0.717, 1.165) is 31.4 Å². The number of carbonyl (C=O) groups is 3. The van der Waals surface area contributed by atoms with Crippen LogP contribution in [0.1, 0.15) is 77.8 Å². The second-order valence-electron chi connectivity index (χ2n) is 13.6. The lowest BCUT2D eigenvalue weighted by Gasteiger charge is -2.37. The summed E-state index contributed by atoms with van der Waals surface area (Å²) in [6.07, 6.45) is 6.74. The zero-order valence-corrected chi connectivity index (χ0v) is 32.9. The van der Waals surface area contributed by atoms with Gasteiger partial charge in [-0.25, -0.2) is 17.9 Å². The maximum Gasteiger partial charge on any atom is 0.328 e. The van der Waals surface area contributed by atoms with E-state index in [1.54, 1.807) is 19.9 Å². The van der Waals surface area contributed by atoms with Gasteiger partial charge >= 0.3 is 5.97 Å². The van der Waals surface area contributed by atoms with Crippen LogP contribution in [0.2, 0.25) is 0 Å². The number of rotatable bonds is 17. The molecule has 4 rings (SSSR count). The van der Waals surface area contributed by atoms with Crippen molar-refractivity contribution in [3.05, 3.63) is 72.3 Å². The highest BCUT2D eigenvalue weighted by Gasteiger charge is 2.42. The highest BCUT2D eigenvalue weighted by molar-refractivity contribution is 7.98. The molecular formula is C39H52N4O8S2. The zero-order valence-electron chi connectivity index (χ0n) is 31.3. The Hall–Kier alpha value is -4.27. The van der Waals surface area contributed by atoms with Gasteiger partial charge < -0.3 is 30.1 Å². The number of anilines is 2. The molecule has 1 aliphatic rings. The van der Waals surface area contributed by atoms with Crippen molar-refractivity contribution < 1.29 is 37.4 Å². The van der Waals surface area contributed by atoms with Crippen molar-refractivity contribution in [1.29, 1.82) is 0 Å². The van der Waals surface area contributed by atoms with E-state index >= 15 is 0 Å². The number of thioether (sulfide) groups is 1. The average Bonchev–Trinajstić information content (AvgIpc) is 3.24. The van der Waals surface area contributed by atoms with Crippen molar-refractivity contribution in [3.8, 4) is 11.5 Å². The normalized spacial score (nSPS) is 15.8. The largest absolute Gasteiger partial charge is 0.508 e. The maximum atomic E-state index is 14.3. The Morgan fingerprint density at radius 1 is 0.981 bits per heavy atom. The standard InChI is InChI=1S/C39H52N4O8S2/c1-7-9-20-39(21-10-8-2)25-43(28-14-12-11-13-15-28)30-22-32(52-6)31(23-33(30)53(48,49)42-39)51-24-34(45)40-36(27-16-18-29(44)19-17-27)37(46)41-35(26(3)4)38(47)50-5/h11-19,22-23,26,35-36,42,44H,7-10,20-21,24-25H2,1-6H3,(H,40,45)(H,41,46)/t35-,36+/m0/s1. The molecule has 2 atom stereocenters. The lowest BCUT2D eigenvalue weighted by Crippen LogP contribution is -2.53. The Morgan fingerprint density at radius 2 is 1.62 bits per heavy atom. The molecular weight excluding hydrogens is 717 g/mol. The minimum atomic E-state index is -4.06. The van der Waals surface area contributed by atoms with E-state index in [4.69, 9.17) is 9.47 Å². The molecule has 53 heavy (non-hydrogen) atoms. The van der Waals surface area contributed by atoms with Gasteiger partial charge in [0, 0.05) is 18.3 Å². The van der Waals surface area contributed by atoms with Crippen molar-refractivity contribution in [2.24, 2.45) is 5.92 Å². The maximum absolute atomic E-state index is 14.3. The number of esters is 1. The molecule has 4 N–H and O–H groups in total. The Balaban J connectivity index is 1.68. The molecule has 0 unspecified atom stereocenters. The highest BCUT2D eigenvalue weighted by atomic mass is 32.2. The summed E-state index contributed by atoms with van der Waals surface area (Å²) in [7, 11) is -2.84. The molecule has 0 radical (unpaired) electrons. The number of phenolic OH excluding ortho intramolecular Hbond substituents is 1. The molecule has 1 aliphatic heterocycles. The Morgan fingerprint density at radius 3 is 2.19 bits per heavy atom. The molecule has 1 heterocycles. The van der Waals surface area contributed by atoms with Crippen LogP contribution in [0.5, 0.6) is 11.5 Å². The first-order chi connectivity index (χ1) is 25.3. The molecule has 12 nitrogen and oxygen atoms in total. The van der Waals surface area contributed by atoms with Gasteiger partial charge in [-0.3, -0.25) is 9.59 Å². The van der Waals surface area contributed by atoms with E-state index in [1.807, 2.05) is 36.6 Å².